The fourth-order valence-corrected chi connectivity index (χ4v) is 4.66. The Morgan fingerprint density at radius 2 is 0.645 bits per heavy atom. The second kappa shape index (κ2) is 19.4. The van der Waals surface area contributed by atoms with Crippen molar-refractivity contribution in [3.8, 4) is 45.6 Å². The maximum atomic E-state index is 15.2. The first-order valence-electron chi connectivity index (χ1n) is 15.5. The predicted molar refractivity (Wildman–Crippen MR) is 157 cm³/mol. The Morgan fingerprint density at radius 1 is 0.387 bits per heavy atom. The first-order chi connectivity index (χ1) is 28.4. The third-order valence-corrected chi connectivity index (χ3v) is 7.42. The molecular weight excluding hydrogens is 903 g/mol. The van der Waals surface area contributed by atoms with E-state index in [1.165, 1.54) is 0 Å². The van der Waals surface area contributed by atoms with Crippen molar-refractivity contribution >= 4 is 5.97 Å². The number of benzene rings is 5. The van der Waals surface area contributed by atoms with E-state index in [4.69, 9.17) is 4.74 Å². The summed E-state index contributed by atoms with van der Waals surface area (Å²) in [4.78, 5) is 12.3. The molecular formula is C35H11F20LiO6. The normalized spacial score (nSPS) is 10.9. The molecule has 0 spiro atoms. The molecule has 5 aromatic carbocycles. The van der Waals surface area contributed by atoms with Crippen LogP contribution in [-0.4, -0.2) is 19.2 Å². The van der Waals surface area contributed by atoms with E-state index < -0.39 is 180 Å². The van der Waals surface area contributed by atoms with Crippen LogP contribution in [0.15, 0.2) is 6.07 Å². The van der Waals surface area contributed by atoms with Crippen LogP contribution in [0.3, 0.4) is 0 Å². The molecule has 0 unspecified atom stereocenters. The van der Waals surface area contributed by atoms with Crippen LogP contribution in [0.1, 0.15) is 24.2 Å². The summed E-state index contributed by atoms with van der Waals surface area (Å²) in [6.07, 6.45) is 0. The van der Waals surface area contributed by atoms with Gasteiger partial charge in [0.1, 0.15) is 0 Å². The number of carboxylic acid groups (broad SMARTS) is 1. The summed E-state index contributed by atoms with van der Waals surface area (Å²) in [7, 11) is 0. The third kappa shape index (κ3) is 8.75. The summed E-state index contributed by atoms with van der Waals surface area (Å²) in [5, 5.41) is 12.3. The number of ether oxygens (including phenoxy) is 4. The molecule has 328 valence electrons. The topological polar surface area (TPSA) is 77.1 Å². The molecule has 5 rings (SSSR count). The first kappa shape index (κ1) is 50.5. The Bertz CT molecular complexity index is 2510. The van der Waals surface area contributed by atoms with Gasteiger partial charge in [0.2, 0.25) is 116 Å². The minimum absolute atomic E-state index is 0. The van der Waals surface area contributed by atoms with Crippen molar-refractivity contribution in [2.75, 3.05) is 13.2 Å². The fraction of sp³-hybridized carbons (Fsp3) is 0.114. The molecule has 0 aliphatic heterocycles. The summed E-state index contributed by atoms with van der Waals surface area (Å²) in [5.74, 6) is -81.2. The molecule has 27 heteroatoms. The van der Waals surface area contributed by atoms with Gasteiger partial charge in [-0.15, -0.1) is 0 Å². The van der Waals surface area contributed by atoms with E-state index in [9.17, 15) is 88.9 Å². The van der Waals surface area contributed by atoms with Crippen LogP contribution >= 0.6 is 0 Å². The minimum atomic E-state index is -3.17. The number of hydrogen-bond acceptors (Lipinski definition) is 6. The van der Waals surface area contributed by atoms with Gasteiger partial charge in [-0.3, -0.25) is 0 Å². The van der Waals surface area contributed by atoms with Crippen LogP contribution in [0.25, 0.3) is 11.1 Å². The van der Waals surface area contributed by atoms with Gasteiger partial charge in [-0.1, -0.05) is 0 Å². The van der Waals surface area contributed by atoms with E-state index in [0.717, 1.165) is 13.2 Å². The van der Waals surface area contributed by atoms with E-state index in [1.807, 2.05) is 13.8 Å². The monoisotopic (exact) mass is 914 g/mol. The molecule has 0 saturated carbocycles. The number of rotatable bonds is 10. The van der Waals surface area contributed by atoms with Crippen LogP contribution in [-0.2, 0) is 4.74 Å². The van der Waals surface area contributed by atoms with Crippen molar-refractivity contribution < 1.29 is 136 Å². The van der Waals surface area contributed by atoms with Crippen molar-refractivity contribution in [2.24, 2.45) is 0 Å². The summed E-state index contributed by atoms with van der Waals surface area (Å²) in [6, 6.07) is -0.659. The number of carboxylic acids is 1. The van der Waals surface area contributed by atoms with Gasteiger partial charge in [0.25, 0.3) is 0 Å². The zero-order chi connectivity index (χ0) is 46.3. The van der Waals surface area contributed by atoms with E-state index in [0.29, 0.717) is 0 Å². The molecule has 0 aromatic heterocycles. The molecule has 0 amide bonds. The number of carbonyl (C=O) groups excluding carboxylic acids is 1. The van der Waals surface area contributed by atoms with Gasteiger partial charge in [0.15, 0.2) is 34.8 Å². The zero-order valence-electron chi connectivity index (χ0n) is 30.0. The average Bonchev–Trinajstić information content (AvgIpc) is 3.23. The summed E-state index contributed by atoms with van der Waals surface area (Å²) in [5.41, 5.74) is -7.70. The van der Waals surface area contributed by atoms with E-state index in [1.54, 1.807) is 0 Å². The molecule has 62 heavy (non-hydrogen) atoms. The van der Waals surface area contributed by atoms with Crippen LogP contribution in [0.4, 0.5) is 87.8 Å². The van der Waals surface area contributed by atoms with E-state index in [2.05, 4.69) is 14.2 Å². The summed E-state index contributed by atoms with van der Waals surface area (Å²) >= 11 is 0. The maximum Gasteiger partial charge on any atom is 1.00 e. The molecule has 0 radical (unpaired) electrons. The molecule has 0 bridgehead atoms. The second-order valence-corrected chi connectivity index (χ2v) is 11.0. The Morgan fingerprint density at radius 3 is 0.919 bits per heavy atom. The summed E-state index contributed by atoms with van der Waals surface area (Å²) < 4.78 is 306. The van der Waals surface area contributed by atoms with Gasteiger partial charge in [-0.2, -0.15) is 26.3 Å². The van der Waals surface area contributed by atoms with Crippen molar-refractivity contribution in [3.05, 3.63) is 128 Å². The first-order valence-corrected chi connectivity index (χ1v) is 15.5. The maximum absolute atomic E-state index is 15.2. The number of halogens is 20. The second-order valence-electron chi connectivity index (χ2n) is 11.0. The Balaban J connectivity index is 0.00000161. The molecule has 0 heterocycles. The zero-order valence-corrected chi connectivity index (χ0v) is 30.0. The molecule has 0 fully saturated rings. The number of carbonyl (C=O) groups is 1. The van der Waals surface area contributed by atoms with Gasteiger partial charge in [-0.25, -0.2) is 61.5 Å². The fourth-order valence-electron chi connectivity index (χ4n) is 4.66. The third-order valence-electron chi connectivity index (χ3n) is 7.42. The summed E-state index contributed by atoms with van der Waals surface area (Å²) in [6.45, 7) is 5.67. The number of aromatic carboxylic acids is 1. The number of hydrogen-bond donors (Lipinski definition) is 0. The standard InChI is InChI=1S/C31H2F20O5.C4H10O.Li/c32-6-5(7(33)9(35)10(36)8(6)34)4-2(31(52)53)1-3(54-28-20(46)14(40)11(37)15(41)21(28)47)26(55-29-22(48)16(42)12(38)17(43)23(29)49)27(4)56-30-24(50)18(44)13(39)19(45)25(30)51;1-3-5-4-2;/h1H,(H,52,53);3-4H2,1-2H3;/q;;+1/p-1. The van der Waals surface area contributed by atoms with Gasteiger partial charge < -0.3 is 28.8 Å². The molecule has 0 aliphatic rings. The average molecular weight is 914 g/mol. The SMILES string of the molecule is CCOCC.O=C([O-])c1cc(Oc2c(F)c(F)c(F)c(F)c2F)c(Oc2c(F)c(F)c(F)c(F)c2F)c(Oc2c(F)c(F)c(F)c(F)c2F)c1-c1c(F)c(F)c(F)c(F)c1F.[Li+]. The van der Waals surface area contributed by atoms with Crippen molar-refractivity contribution in [3.63, 3.8) is 0 Å². The smallest absolute Gasteiger partial charge is 0.545 e. The minimum Gasteiger partial charge on any atom is -0.545 e. The Labute approximate surface area is 342 Å². The van der Waals surface area contributed by atoms with E-state index >= 15 is 8.78 Å². The molecule has 6 nitrogen and oxygen atoms in total. The molecule has 0 saturated heterocycles. The Kier molecular flexibility index (Phi) is 15.8. The van der Waals surface area contributed by atoms with Gasteiger partial charge in [0.05, 0.1) is 11.5 Å². The van der Waals surface area contributed by atoms with Gasteiger partial charge in [0, 0.05) is 24.3 Å². The molecule has 0 N–H and O–H groups in total. The van der Waals surface area contributed by atoms with Crippen molar-refractivity contribution in [2.45, 2.75) is 13.8 Å². The van der Waals surface area contributed by atoms with Crippen LogP contribution in [0, 0.1) is 116 Å². The molecule has 0 aliphatic carbocycles. The van der Waals surface area contributed by atoms with Crippen LogP contribution in [0.2, 0.25) is 0 Å². The largest absolute Gasteiger partial charge is 1.00 e. The molecule has 0 atom stereocenters. The van der Waals surface area contributed by atoms with Crippen LogP contribution < -0.4 is 38.2 Å². The van der Waals surface area contributed by atoms with E-state index in [-0.39, 0.29) is 18.9 Å². The van der Waals surface area contributed by atoms with Crippen molar-refractivity contribution in [1.29, 1.82) is 0 Å². The molecule has 5 aromatic rings. The van der Waals surface area contributed by atoms with Gasteiger partial charge >= 0.3 is 18.9 Å². The quantitative estimate of drug-likeness (QED) is 0.0614. The predicted octanol–water partition coefficient (Wildman–Crippen LogP) is 7.92. The van der Waals surface area contributed by atoms with Crippen molar-refractivity contribution in [1.82, 2.24) is 0 Å². The Hall–Kier alpha value is -5.87. The van der Waals surface area contributed by atoms with Gasteiger partial charge in [-0.05, 0) is 19.9 Å². The van der Waals surface area contributed by atoms with Crippen LogP contribution in [0.5, 0.6) is 34.5 Å².